The van der Waals surface area contributed by atoms with Crippen molar-refractivity contribution in [3.63, 3.8) is 0 Å². The predicted octanol–water partition coefficient (Wildman–Crippen LogP) is 14.4. The van der Waals surface area contributed by atoms with E-state index in [1.165, 1.54) is 0 Å². The molecule has 0 atom stereocenters. The highest BCUT2D eigenvalue weighted by atomic mass is 31.2. The van der Waals surface area contributed by atoms with Crippen LogP contribution in [0.15, 0.2) is 121 Å². The molecule has 0 spiro atoms. The van der Waals surface area contributed by atoms with Crippen LogP contribution in [0.25, 0.3) is 11.1 Å². The molecule has 362 valence electrons. The van der Waals surface area contributed by atoms with Crippen molar-refractivity contribution in [3.05, 3.63) is 166 Å². The molecule has 0 aromatic heterocycles. The van der Waals surface area contributed by atoms with Gasteiger partial charge in [0.2, 0.25) is 0 Å². The van der Waals surface area contributed by atoms with Gasteiger partial charge in [0.1, 0.15) is 34.5 Å². The second-order valence-electron chi connectivity index (χ2n) is 16.7. The number of benzene rings is 6. The fourth-order valence-corrected chi connectivity index (χ4v) is 10.3. The van der Waals surface area contributed by atoms with Crippen molar-refractivity contribution in [2.75, 3.05) is 54.9 Å². The molecule has 0 aliphatic carbocycles. The molecule has 0 bridgehead atoms. The summed E-state index contributed by atoms with van der Waals surface area (Å²) in [5.74, 6) is 4.00. The minimum absolute atomic E-state index is 0.614. The van der Waals surface area contributed by atoms with E-state index in [-0.39, 0.29) is 0 Å². The molecule has 0 amide bonds. The lowest BCUT2D eigenvalue weighted by Crippen LogP contribution is -2.08. The zero-order valence-corrected chi connectivity index (χ0v) is 42.8. The maximum atomic E-state index is 7.15. The molecule has 12 heteroatoms. The van der Waals surface area contributed by atoms with Gasteiger partial charge in [-0.3, -0.25) is 0 Å². The van der Waals surface area contributed by atoms with Crippen LogP contribution < -0.4 is 27.1 Å². The molecule has 0 N–H and O–H groups in total. The fraction of sp³-hybridized carbons (Fsp3) is 0.357. The lowest BCUT2D eigenvalue weighted by Gasteiger charge is -2.25. The van der Waals surface area contributed by atoms with Gasteiger partial charge in [-0.1, -0.05) is 84.9 Å². The zero-order chi connectivity index (χ0) is 48.1. The highest BCUT2D eigenvalue weighted by molar-refractivity contribution is 7.43. The molecule has 0 heterocycles. The van der Waals surface area contributed by atoms with E-state index in [4.69, 9.17) is 46.1 Å². The number of para-hydroxylation sites is 4. The molecule has 6 rings (SSSR count). The molecule has 0 fully saturated rings. The van der Waals surface area contributed by atoms with Crippen LogP contribution in [0.2, 0.25) is 0 Å². The third-order valence-electron chi connectivity index (χ3n) is 11.2. The van der Waals surface area contributed by atoms with Gasteiger partial charge in [0.05, 0.1) is 0 Å². The van der Waals surface area contributed by atoms with Crippen LogP contribution in [0, 0.1) is 27.7 Å². The molecular weight excluding hydrogens is 895 g/mol. The maximum absolute atomic E-state index is 7.15. The van der Waals surface area contributed by atoms with Crippen LogP contribution >= 0.6 is 17.2 Å². The van der Waals surface area contributed by atoms with E-state index < -0.39 is 17.2 Å². The average molecular weight is 963 g/mol. The van der Waals surface area contributed by atoms with Crippen LogP contribution in [0.3, 0.4) is 0 Å². The van der Waals surface area contributed by atoms with Gasteiger partial charge in [0.25, 0.3) is 0 Å². The van der Waals surface area contributed by atoms with Crippen LogP contribution in [0.5, 0.6) is 34.5 Å². The van der Waals surface area contributed by atoms with Gasteiger partial charge < -0.3 is 46.1 Å². The summed E-state index contributed by atoms with van der Waals surface area (Å²) in [7, 11) is 2.71. The van der Waals surface area contributed by atoms with Gasteiger partial charge in [-0.2, -0.15) is 0 Å². The quantitative estimate of drug-likeness (QED) is 0.0334. The molecular formula is C56H68O10P2. The number of rotatable bonds is 29. The Morgan fingerprint density at radius 1 is 0.338 bits per heavy atom. The van der Waals surface area contributed by atoms with Crippen LogP contribution in [0.4, 0.5) is 0 Å². The fourth-order valence-electron chi connectivity index (χ4n) is 7.96. The Kier molecular flexibility index (Phi) is 21.3. The summed E-state index contributed by atoms with van der Waals surface area (Å²) in [4.78, 5) is 0. The number of hydrogen-bond donors (Lipinski definition) is 0. The van der Waals surface area contributed by atoms with Gasteiger partial charge in [-0.25, -0.2) is 0 Å². The van der Waals surface area contributed by atoms with Gasteiger partial charge in [-0.15, -0.1) is 0 Å². The molecule has 0 saturated heterocycles. The summed E-state index contributed by atoms with van der Waals surface area (Å²) in [5.41, 5.74) is 9.73. The maximum Gasteiger partial charge on any atom is 0.530 e. The Morgan fingerprint density at radius 2 is 0.603 bits per heavy atom. The summed E-state index contributed by atoms with van der Waals surface area (Å²) in [6.07, 6.45) is 6.41. The van der Waals surface area contributed by atoms with E-state index in [1.807, 2.05) is 72.8 Å². The zero-order valence-electron chi connectivity index (χ0n) is 41.0. The first-order valence-electron chi connectivity index (χ1n) is 23.4. The van der Waals surface area contributed by atoms with Crippen molar-refractivity contribution in [3.8, 4) is 45.6 Å². The Bertz CT molecular complexity index is 2200. The van der Waals surface area contributed by atoms with Gasteiger partial charge >= 0.3 is 17.2 Å². The van der Waals surface area contributed by atoms with Crippen molar-refractivity contribution < 1.29 is 46.1 Å². The molecule has 0 radical (unpaired) electrons. The van der Waals surface area contributed by atoms with Gasteiger partial charge in [0, 0.05) is 66.0 Å². The van der Waals surface area contributed by atoms with E-state index in [2.05, 4.69) is 76.2 Å². The predicted molar refractivity (Wildman–Crippen MR) is 275 cm³/mol. The largest absolute Gasteiger partial charge is 0.530 e. The van der Waals surface area contributed by atoms with E-state index in [1.54, 1.807) is 28.4 Å². The molecule has 0 aliphatic heterocycles. The summed E-state index contributed by atoms with van der Waals surface area (Å²) in [6, 6.07) is 40.7. The third-order valence-corrected chi connectivity index (χ3v) is 13.3. The second kappa shape index (κ2) is 27.7. The highest BCUT2D eigenvalue weighted by Gasteiger charge is 2.30. The lowest BCUT2D eigenvalue weighted by molar-refractivity contribution is 0.195. The first-order valence-corrected chi connectivity index (χ1v) is 25.6. The number of methoxy groups -OCH3 is 4. The van der Waals surface area contributed by atoms with Gasteiger partial charge in [-0.05, 0) is 160 Å². The van der Waals surface area contributed by atoms with E-state index in [9.17, 15) is 0 Å². The number of ether oxygens (including phenoxy) is 4. The van der Waals surface area contributed by atoms with E-state index >= 15 is 0 Å². The van der Waals surface area contributed by atoms with E-state index in [0.717, 1.165) is 107 Å². The minimum Gasteiger partial charge on any atom is -0.408 e. The molecule has 68 heavy (non-hydrogen) atoms. The molecule has 0 saturated carbocycles. The first kappa shape index (κ1) is 52.2. The monoisotopic (exact) mass is 962 g/mol. The molecule has 0 unspecified atom stereocenters. The van der Waals surface area contributed by atoms with Crippen LogP contribution in [-0.4, -0.2) is 54.9 Å². The van der Waals surface area contributed by atoms with Crippen molar-refractivity contribution in [1.82, 2.24) is 0 Å². The Labute approximate surface area is 407 Å². The number of aryl methyl sites for hydroxylation is 8. The molecule has 6 aromatic rings. The summed E-state index contributed by atoms with van der Waals surface area (Å²) < 4.78 is 63.4. The van der Waals surface area contributed by atoms with E-state index in [0.29, 0.717) is 60.9 Å². The van der Waals surface area contributed by atoms with Gasteiger partial charge in [0.15, 0.2) is 0 Å². The molecule has 0 aliphatic rings. The Balaban J connectivity index is 1.44. The molecule has 10 nitrogen and oxygen atoms in total. The number of hydrogen-bond acceptors (Lipinski definition) is 10. The Morgan fingerprint density at radius 3 is 0.868 bits per heavy atom. The van der Waals surface area contributed by atoms with Crippen molar-refractivity contribution in [2.45, 2.75) is 79.1 Å². The minimum atomic E-state index is -2.09. The normalized spacial score (nSPS) is 11.3. The van der Waals surface area contributed by atoms with Crippen molar-refractivity contribution >= 4 is 17.2 Å². The first-order chi connectivity index (χ1) is 33.2. The summed E-state index contributed by atoms with van der Waals surface area (Å²) in [6.45, 7) is 10.8. The highest BCUT2D eigenvalue weighted by Crippen LogP contribution is 2.53. The van der Waals surface area contributed by atoms with Crippen molar-refractivity contribution in [2.24, 2.45) is 0 Å². The molecule has 6 aromatic carbocycles. The SMILES string of the molecule is COCCCc1ccccc1OP(Oc1ccccc1CCCOC)Oc1c(C)cc(C)cc1-c1cc(C)cc(C)c1OP(Oc1ccccc1CCCOC)Oc1ccccc1CCCOC. The lowest BCUT2D eigenvalue weighted by atomic mass is 9.95. The van der Waals surface area contributed by atoms with Crippen molar-refractivity contribution in [1.29, 1.82) is 0 Å². The summed E-state index contributed by atoms with van der Waals surface area (Å²) in [5, 5.41) is 0. The topological polar surface area (TPSA) is 92.3 Å². The smallest absolute Gasteiger partial charge is 0.408 e. The third kappa shape index (κ3) is 15.4. The Hall–Kier alpha value is -5.18. The second-order valence-corrected chi connectivity index (χ2v) is 18.7. The van der Waals surface area contributed by atoms with Crippen LogP contribution in [-0.2, 0) is 44.6 Å². The van der Waals surface area contributed by atoms with Crippen LogP contribution in [0.1, 0.15) is 70.2 Å². The summed E-state index contributed by atoms with van der Waals surface area (Å²) >= 11 is 0. The average Bonchev–Trinajstić information content (AvgIpc) is 3.33. The standard InChI is InChI=1S/C56H68O10P2/c1-41-37-43(3)55(65-67(61-51-29-13-9-21-45(51)25-17-33-57-5)62-52-30-14-10-22-46(52)26-18-34-58-6)49(39-41)50-40-42(2)38-44(4)56(50)66-68(63-53-31-15-11-23-47(53)27-19-35-59-7)64-54-32-16-12-24-48(54)28-20-36-60-8/h9-16,21-24,29-32,37-40H,17-20,25-28,33-36H2,1-8H3.